The van der Waals surface area contributed by atoms with Gasteiger partial charge in [0.05, 0.1) is 5.69 Å². The quantitative estimate of drug-likeness (QED) is 0.808. The van der Waals surface area contributed by atoms with Gasteiger partial charge in [-0.25, -0.2) is 4.98 Å². The summed E-state index contributed by atoms with van der Waals surface area (Å²) in [7, 11) is 0. The van der Waals surface area contributed by atoms with Gasteiger partial charge in [-0.1, -0.05) is 40.5 Å². The lowest BCUT2D eigenvalue weighted by molar-refractivity contribution is -0.116. The van der Waals surface area contributed by atoms with Crippen molar-refractivity contribution in [3.05, 3.63) is 11.1 Å². The van der Waals surface area contributed by atoms with Crippen LogP contribution in [0.3, 0.4) is 0 Å². The molecule has 96 valence electrons. The average Bonchev–Trinajstić information content (AvgIpc) is 2.66. The highest BCUT2D eigenvalue weighted by Gasteiger charge is 2.17. The minimum Gasteiger partial charge on any atom is -0.302 e. The van der Waals surface area contributed by atoms with Crippen molar-refractivity contribution >= 4 is 22.4 Å². The number of hydrogen-bond donors (Lipinski definition) is 1. The maximum Gasteiger partial charge on any atom is 0.226 e. The van der Waals surface area contributed by atoms with E-state index < -0.39 is 0 Å². The van der Waals surface area contributed by atoms with Gasteiger partial charge in [-0.15, -0.1) is 11.3 Å². The Morgan fingerprint density at radius 3 is 2.65 bits per heavy atom. The number of anilines is 1. The predicted molar refractivity (Wildman–Crippen MR) is 73.6 cm³/mol. The fourth-order valence-corrected chi connectivity index (χ4v) is 2.35. The first kappa shape index (κ1) is 14.2. The first-order valence-corrected chi connectivity index (χ1v) is 7.07. The normalized spacial score (nSPS) is 11.5. The number of rotatable bonds is 5. The van der Waals surface area contributed by atoms with E-state index in [1.807, 2.05) is 5.38 Å². The summed E-state index contributed by atoms with van der Waals surface area (Å²) in [5, 5.41) is 5.60. The molecule has 4 heteroatoms. The number of thiazole rings is 1. The van der Waals surface area contributed by atoms with Gasteiger partial charge in [-0.05, 0) is 6.42 Å². The summed E-state index contributed by atoms with van der Waals surface area (Å²) in [6.07, 6.45) is 3.80. The van der Waals surface area contributed by atoms with Crippen LogP contribution in [-0.2, 0) is 10.2 Å². The molecule has 1 heterocycles. The van der Waals surface area contributed by atoms with E-state index in [9.17, 15) is 4.79 Å². The van der Waals surface area contributed by atoms with E-state index in [-0.39, 0.29) is 11.3 Å². The Morgan fingerprint density at radius 2 is 2.12 bits per heavy atom. The lowest BCUT2D eigenvalue weighted by atomic mass is 9.93. The van der Waals surface area contributed by atoms with Crippen molar-refractivity contribution in [1.29, 1.82) is 0 Å². The summed E-state index contributed by atoms with van der Waals surface area (Å²) < 4.78 is 0. The second-order valence-corrected chi connectivity index (χ2v) is 6.15. The van der Waals surface area contributed by atoms with E-state index >= 15 is 0 Å². The second-order valence-electron chi connectivity index (χ2n) is 5.29. The lowest BCUT2D eigenvalue weighted by Gasteiger charge is -2.14. The molecule has 0 saturated carbocycles. The van der Waals surface area contributed by atoms with Gasteiger partial charge >= 0.3 is 0 Å². The van der Waals surface area contributed by atoms with E-state index in [1.54, 1.807) is 0 Å². The van der Waals surface area contributed by atoms with Gasteiger partial charge in [0.25, 0.3) is 0 Å². The van der Waals surface area contributed by atoms with Crippen LogP contribution in [0.25, 0.3) is 0 Å². The monoisotopic (exact) mass is 254 g/mol. The minimum atomic E-state index is 0.0433. The van der Waals surface area contributed by atoms with E-state index in [4.69, 9.17) is 0 Å². The van der Waals surface area contributed by atoms with Crippen molar-refractivity contribution in [3.63, 3.8) is 0 Å². The fraction of sp³-hybridized carbons (Fsp3) is 0.692. The summed E-state index contributed by atoms with van der Waals surface area (Å²) in [6.45, 7) is 8.49. The van der Waals surface area contributed by atoms with E-state index in [0.717, 1.165) is 30.1 Å². The molecule has 1 amide bonds. The molecule has 0 radical (unpaired) electrons. The molecule has 0 fully saturated rings. The van der Waals surface area contributed by atoms with E-state index in [1.165, 1.54) is 11.3 Å². The number of amides is 1. The summed E-state index contributed by atoms with van der Waals surface area (Å²) >= 11 is 1.50. The molecule has 17 heavy (non-hydrogen) atoms. The van der Waals surface area contributed by atoms with Crippen LogP contribution in [-0.4, -0.2) is 10.9 Å². The van der Waals surface area contributed by atoms with Crippen molar-refractivity contribution in [2.45, 2.75) is 58.8 Å². The molecule has 0 saturated heterocycles. The lowest BCUT2D eigenvalue weighted by Crippen LogP contribution is -2.13. The first-order valence-electron chi connectivity index (χ1n) is 6.19. The van der Waals surface area contributed by atoms with Crippen LogP contribution in [0.15, 0.2) is 5.38 Å². The standard InChI is InChI=1S/C13H22N2OS/c1-5-6-7-8-11(16)15-12-14-10(9-17-12)13(2,3)4/h9H,5-8H2,1-4H3,(H,14,15,16). The van der Waals surface area contributed by atoms with Gasteiger partial charge in [-0.3, -0.25) is 4.79 Å². The number of carbonyl (C=O) groups excluding carboxylic acids is 1. The number of nitrogens with zero attached hydrogens (tertiary/aromatic N) is 1. The molecule has 0 aliphatic rings. The highest BCUT2D eigenvalue weighted by Crippen LogP contribution is 2.26. The van der Waals surface area contributed by atoms with Gasteiger partial charge in [0.15, 0.2) is 5.13 Å². The summed E-state index contributed by atoms with van der Waals surface area (Å²) in [4.78, 5) is 16.0. The van der Waals surface area contributed by atoms with E-state index in [0.29, 0.717) is 6.42 Å². The third-order valence-corrected chi connectivity index (χ3v) is 3.28. The fourth-order valence-electron chi connectivity index (χ4n) is 1.39. The third-order valence-electron chi connectivity index (χ3n) is 2.53. The van der Waals surface area contributed by atoms with Gasteiger partial charge in [0, 0.05) is 17.2 Å². The third kappa shape index (κ3) is 4.86. The molecule has 1 aromatic heterocycles. The molecule has 1 aromatic rings. The van der Waals surface area contributed by atoms with Crippen molar-refractivity contribution in [2.75, 3.05) is 5.32 Å². The van der Waals surface area contributed by atoms with E-state index in [2.05, 4.69) is 38.0 Å². The van der Waals surface area contributed by atoms with Crippen LogP contribution in [0.2, 0.25) is 0 Å². The number of unbranched alkanes of at least 4 members (excludes halogenated alkanes) is 2. The van der Waals surface area contributed by atoms with Crippen LogP contribution in [0, 0.1) is 0 Å². The molecule has 1 N–H and O–H groups in total. The number of carbonyl (C=O) groups is 1. The highest BCUT2D eigenvalue weighted by atomic mass is 32.1. The Hall–Kier alpha value is -0.900. The molecule has 0 spiro atoms. The van der Waals surface area contributed by atoms with Gasteiger partial charge in [0.1, 0.15) is 0 Å². The number of nitrogens with one attached hydrogen (secondary N) is 1. The van der Waals surface area contributed by atoms with Gasteiger partial charge < -0.3 is 5.32 Å². The molecule has 3 nitrogen and oxygen atoms in total. The molecule has 0 bridgehead atoms. The van der Waals surface area contributed by atoms with Crippen molar-refractivity contribution < 1.29 is 4.79 Å². The SMILES string of the molecule is CCCCCC(=O)Nc1nc(C(C)(C)C)cs1. The number of hydrogen-bond acceptors (Lipinski definition) is 3. The molecule has 0 aromatic carbocycles. The Kier molecular flexibility index (Phi) is 5.12. The van der Waals surface area contributed by atoms with Crippen LogP contribution in [0.1, 0.15) is 59.1 Å². The summed E-state index contributed by atoms with van der Waals surface area (Å²) in [5.41, 5.74) is 1.08. The van der Waals surface area contributed by atoms with Crippen molar-refractivity contribution in [3.8, 4) is 0 Å². The van der Waals surface area contributed by atoms with Crippen LogP contribution < -0.4 is 5.32 Å². The molecule has 0 aliphatic carbocycles. The predicted octanol–water partition coefficient (Wildman–Crippen LogP) is 3.96. The van der Waals surface area contributed by atoms with Gasteiger partial charge in [-0.2, -0.15) is 0 Å². The molecular weight excluding hydrogens is 232 g/mol. The first-order chi connectivity index (χ1) is 7.93. The van der Waals surface area contributed by atoms with Crippen LogP contribution in [0.5, 0.6) is 0 Å². The Balaban J connectivity index is 2.46. The molecule has 0 unspecified atom stereocenters. The molecule has 0 atom stereocenters. The highest BCUT2D eigenvalue weighted by molar-refractivity contribution is 7.13. The van der Waals surface area contributed by atoms with Crippen molar-refractivity contribution in [1.82, 2.24) is 4.98 Å². The van der Waals surface area contributed by atoms with Crippen LogP contribution in [0.4, 0.5) is 5.13 Å². The Morgan fingerprint density at radius 1 is 1.41 bits per heavy atom. The molecule has 0 aliphatic heterocycles. The topological polar surface area (TPSA) is 42.0 Å². The maximum atomic E-state index is 11.6. The smallest absolute Gasteiger partial charge is 0.226 e. The average molecular weight is 254 g/mol. The zero-order valence-electron chi connectivity index (χ0n) is 11.2. The largest absolute Gasteiger partial charge is 0.302 e. The summed E-state index contributed by atoms with van der Waals surface area (Å²) in [6, 6.07) is 0. The zero-order valence-corrected chi connectivity index (χ0v) is 12.0. The molecular formula is C13H22N2OS. The Labute approximate surface area is 108 Å². The van der Waals surface area contributed by atoms with Gasteiger partial charge in [0.2, 0.25) is 5.91 Å². The second kappa shape index (κ2) is 6.15. The summed E-state index contributed by atoms with van der Waals surface area (Å²) in [5.74, 6) is 0.0771. The minimum absolute atomic E-state index is 0.0433. The Bertz CT molecular complexity index is 366. The van der Waals surface area contributed by atoms with Crippen LogP contribution >= 0.6 is 11.3 Å². The number of aromatic nitrogens is 1. The maximum absolute atomic E-state index is 11.6. The van der Waals surface area contributed by atoms with Crippen molar-refractivity contribution in [2.24, 2.45) is 0 Å². The molecule has 1 rings (SSSR count). The zero-order chi connectivity index (χ0) is 12.9.